The minimum atomic E-state index is -0.661. The van der Waals surface area contributed by atoms with Gasteiger partial charge in [0.05, 0.1) is 10.5 Å². The predicted molar refractivity (Wildman–Crippen MR) is 69.4 cm³/mol. The van der Waals surface area contributed by atoms with Crippen molar-refractivity contribution in [2.24, 2.45) is 0 Å². The smallest absolute Gasteiger partial charge is 0.312 e. The number of thioether (sulfide) groups is 1. The Morgan fingerprint density at radius 1 is 1.56 bits per heavy atom. The molecule has 5 nitrogen and oxygen atoms in total. The number of nitro groups is 1. The van der Waals surface area contributed by atoms with Gasteiger partial charge in [0, 0.05) is 25.2 Å². The molecule has 0 aliphatic carbocycles. The molecule has 0 amide bonds. The summed E-state index contributed by atoms with van der Waals surface area (Å²) in [4.78, 5) is 20.6. The highest BCUT2D eigenvalue weighted by atomic mass is 32.2. The van der Waals surface area contributed by atoms with E-state index in [1.165, 1.54) is 36.9 Å². The summed E-state index contributed by atoms with van der Waals surface area (Å²) in [6, 6.07) is 4.19. The molecule has 0 aromatic heterocycles. The van der Waals surface area contributed by atoms with Gasteiger partial charge >= 0.3 is 5.69 Å². The molecular formula is C12H11NO4S. The van der Waals surface area contributed by atoms with E-state index in [0.29, 0.717) is 12.2 Å². The molecule has 1 aromatic carbocycles. The summed E-state index contributed by atoms with van der Waals surface area (Å²) in [7, 11) is 0. The zero-order valence-corrected chi connectivity index (χ0v) is 10.5. The molecule has 18 heavy (non-hydrogen) atoms. The van der Waals surface area contributed by atoms with Gasteiger partial charge in [0.1, 0.15) is 0 Å². The van der Waals surface area contributed by atoms with Crippen LogP contribution in [-0.2, 0) is 4.79 Å². The number of para-hydroxylation sites is 1. The van der Waals surface area contributed by atoms with E-state index in [-0.39, 0.29) is 16.4 Å². The van der Waals surface area contributed by atoms with Crippen LogP contribution in [-0.4, -0.2) is 20.9 Å². The second-order valence-electron chi connectivity index (χ2n) is 3.32. The monoisotopic (exact) mass is 265 g/mol. The maximum atomic E-state index is 10.7. The number of carbonyl (C=O) groups excluding carboxylic acids is 1. The van der Waals surface area contributed by atoms with Gasteiger partial charge in [-0.3, -0.25) is 14.9 Å². The number of nitrogens with zero attached hydrogens (tertiary/aromatic N) is 1. The van der Waals surface area contributed by atoms with Crippen LogP contribution in [0.4, 0.5) is 5.69 Å². The highest BCUT2D eigenvalue weighted by Crippen LogP contribution is 2.28. The van der Waals surface area contributed by atoms with E-state index < -0.39 is 10.7 Å². The molecule has 0 aliphatic rings. The molecule has 0 atom stereocenters. The number of carbonyl (C=O) groups is 1. The number of hydrogen-bond acceptors (Lipinski definition) is 5. The summed E-state index contributed by atoms with van der Waals surface area (Å²) in [5.74, 6) is 5.56. The Labute approximate surface area is 108 Å². The Balaban J connectivity index is 2.74. The zero-order valence-electron chi connectivity index (χ0n) is 9.67. The van der Waals surface area contributed by atoms with Crippen LogP contribution in [0.15, 0.2) is 18.2 Å². The minimum absolute atomic E-state index is 0.0231. The van der Waals surface area contributed by atoms with Gasteiger partial charge in [0.2, 0.25) is 5.75 Å². The Morgan fingerprint density at radius 2 is 2.28 bits per heavy atom. The van der Waals surface area contributed by atoms with Crippen LogP contribution in [0, 0.1) is 22.0 Å². The fourth-order valence-corrected chi connectivity index (χ4v) is 1.67. The molecule has 1 aromatic rings. The first kappa shape index (κ1) is 14.1. The molecular weight excluding hydrogens is 254 g/mol. The summed E-state index contributed by atoms with van der Waals surface area (Å²) in [5.41, 5.74) is -0.142. The molecule has 0 saturated carbocycles. The first-order chi connectivity index (χ1) is 8.52. The molecule has 1 rings (SSSR count). The highest BCUT2D eigenvalue weighted by Gasteiger charge is 2.14. The first-order valence-corrected chi connectivity index (χ1v) is 6.09. The number of benzene rings is 1. The lowest BCUT2D eigenvalue weighted by Crippen LogP contribution is -1.90. The summed E-state index contributed by atoms with van der Waals surface area (Å²) >= 11 is 1.17. The SMILES string of the molecule is CC(=O)SCCC#Cc1cccc([N+](=O)[O-])c1O. The summed E-state index contributed by atoms with van der Waals surface area (Å²) < 4.78 is 0. The molecule has 0 heterocycles. The average molecular weight is 265 g/mol. The molecule has 1 N–H and O–H groups in total. The van der Waals surface area contributed by atoms with E-state index in [1.807, 2.05) is 0 Å². The fraction of sp³-hybridized carbons (Fsp3) is 0.250. The van der Waals surface area contributed by atoms with E-state index in [1.54, 1.807) is 0 Å². The van der Waals surface area contributed by atoms with Crippen molar-refractivity contribution in [1.29, 1.82) is 0 Å². The van der Waals surface area contributed by atoms with Crippen molar-refractivity contribution in [3.8, 4) is 17.6 Å². The number of aromatic hydroxyl groups is 1. The normalized spacial score (nSPS) is 9.39. The van der Waals surface area contributed by atoms with Crippen LogP contribution in [0.3, 0.4) is 0 Å². The maximum Gasteiger partial charge on any atom is 0.312 e. The van der Waals surface area contributed by atoms with E-state index in [9.17, 15) is 20.0 Å². The van der Waals surface area contributed by atoms with Gasteiger partial charge in [0.25, 0.3) is 0 Å². The first-order valence-electron chi connectivity index (χ1n) is 5.11. The second kappa shape index (κ2) is 6.67. The van der Waals surface area contributed by atoms with Crippen molar-refractivity contribution >= 4 is 22.6 Å². The Kier molecular flexibility index (Phi) is 5.21. The number of nitro benzene ring substituents is 1. The lowest BCUT2D eigenvalue weighted by Gasteiger charge is -1.97. The lowest BCUT2D eigenvalue weighted by atomic mass is 10.2. The van der Waals surface area contributed by atoms with Crippen LogP contribution in [0.2, 0.25) is 0 Å². The maximum absolute atomic E-state index is 10.7. The van der Waals surface area contributed by atoms with Crippen LogP contribution >= 0.6 is 11.8 Å². The van der Waals surface area contributed by atoms with Gasteiger partial charge in [0.15, 0.2) is 5.12 Å². The third-order valence-corrected chi connectivity index (χ3v) is 2.78. The summed E-state index contributed by atoms with van der Waals surface area (Å²) in [5, 5.41) is 20.2. The van der Waals surface area contributed by atoms with Crippen molar-refractivity contribution in [1.82, 2.24) is 0 Å². The fourth-order valence-electron chi connectivity index (χ4n) is 1.18. The van der Waals surface area contributed by atoms with E-state index >= 15 is 0 Å². The number of rotatable bonds is 3. The van der Waals surface area contributed by atoms with Gasteiger partial charge < -0.3 is 5.11 Å². The molecule has 6 heteroatoms. The largest absolute Gasteiger partial charge is 0.501 e. The zero-order chi connectivity index (χ0) is 13.5. The van der Waals surface area contributed by atoms with Crippen LogP contribution in [0.5, 0.6) is 5.75 Å². The van der Waals surface area contributed by atoms with Crippen molar-refractivity contribution in [3.63, 3.8) is 0 Å². The van der Waals surface area contributed by atoms with Gasteiger partial charge in [-0.05, 0) is 6.07 Å². The third-order valence-electron chi connectivity index (χ3n) is 1.97. The highest BCUT2D eigenvalue weighted by molar-refractivity contribution is 8.13. The van der Waals surface area contributed by atoms with Crippen molar-refractivity contribution in [2.45, 2.75) is 13.3 Å². The molecule has 0 spiro atoms. The van der Waals surface area contributed by atoms with Crippen LogP contribution < -0.4 is 0 Å². The average Bonchev–Trinajstić information content (AvgIpc) is 2.30. The number of phenols is 1. The topological polar surface area (TPSA) is 80.4 Å². The van der Waals surface area contributed by atoms with Gasteiger partial charge in [-0.1, -0.05) is 29.7 Å². The summed E-state index contributed by atoms with van der Waals surface area (Å²) in [6.07, 6.45) is 0.479. The van der Waals surface area contributed by atoms with Crippen molar-refractivity contribution in [3.05, 3.63) is 33.9 Å². The molecule has 0 fully saturated rings. The Hall–Kier alpha value is -2.00. The predicted octanol–water partition coefficient (Wildman–Crippen LogP) is 2.32. The number of hydrogen-bond donors (Lipinski definition) is 1. The Morgan fingerprint density at radius 3 is 2.89 bits per heavy atom. The van der Waals surface area contributed by atoms with Crippen molar-refractivity contribution < 1.29 is 14.8 Å². The molecule has 0 aliphatic heterocycles. The van der Waals surface area contributed by atoms with E-state index in [4.69, 9.17) is 0 Å². The molecule has 0 radical (unpaired) electrons. The standard InChI is InChI=1S/C12H11NO4S/c1-9(14)18-8-3-2-5-10-6-4-7-11(12(10)15)13(16)17/h4,6-7,15H,3,8H2,1H3. The van der Waals surface area contributed by atoms with E-state index in [0.717, 1.165) is 0 Å². The van der Waals surface area contributed by atoms with Crippen LogP contribution in [0.1, 0.15) is 18.9 Å². The molecule has 0 unspecified atom stereocenters. The second-order valence-corrected chi connectivity index (χ2v) is 4.59. The lowest BCUT2D eigenvalue weighted by molar-refractivity contribution is -0.385. The van der Waals surface area contributed by atoms with Crippen molar-refractivity contribution in [2.75, 3.05) is 5.75 Å². The molecule has 0 bridgehead atoms. The molecule has 94 valence electrons. The van der Waals surface area contributed by atoms with Gasteiger partial charge in [-0.25, -0.2) is 0 Å². The van der Waals surface area contributed by atoms with E-state index in [2.05, 4.69) is 11.8 Å². The molecule has 0 saturated heterocycles. The third kappa shape index (κ3) is 4.11. The number of phenolic OH excluding ortho intramolecular Hbond substituents is 1. The van der Waals surface area contributed by atoms with Crippen LogP contribution in [0.25, 0.3) is 0 Å². The van der Waals surface area contributed by atoms with Gasteiger partial charge in [-0.15, -0.1) is 0 Å². The Bertz CT molecular complexity index is 531. The summed E-state index contributed by atoms with van der Waals surface area (Å²) in [6.45, 7) is 1.48. The van der Waals surface area contributed by atoms with Gasteiger partial charge in [-0.2, -0.15) is 0 Å². The minimum Gasteiger partial charge on any atom is -0.501 e. The quantitative estimate of drug-likeness (QED) is 0.392.